The summed E-state index contributed by atoms with van der Waals surface area (Å²) in [5.74, 6) is -0.190. The highest BCUT2D eigenvalue weighted by Gasteiger charge is 2.08. The fourth-order valence-electron chi connectivity index (χ4n) is 1.02. The van der Waals surface area contributed by atoms with E-state index in [9.17, 15) is 4.79 Å². The van der Waals surface area contributed by atoms with E-state index in [1.807, 2.05) is 6.92 Å². The molecule has 80 valence electrons. The van der Waals surface area contributed by atoms with Crippen molar-refractivity contribution in [2.75, 3.05) is 5.73 Å². The zero-order chi connectivity index (χ0) is 11.4. The van der Waals surface area contributed by atoms with Crippen LogP contribution in [-0.4, -0.2) is 11.9 Å². The van der Waals surface area contributed by atoms with Gasteiger partial charge in [0.1, 0.15) is 0 Å². The molecule has 0 saturated carbocycles. The number of anilines is 1. The summed E-state index contributed by atoms with van der Waals surface area (Å²) in [6.07, 6.45) is 1.65. The first-order valence-electron chi connectivity index (χ1n) is 4.53. The molecule has 0 bridgehead atoms. The molecule has 3 nitrogen and oxygen atoms in total. The number of hydrogen-bond acceptors (Lipinski definition) is 2. The molecule has 1 aromatic carbocycles. The maximum Gasteiger partial charge on any atom is 0.251 e. The predicted molar refractivity (Wildman–Crippen MR) is 63.0 cm³/mol. The highest BCUT2D eigenvalue weighted by Crippen LogP contribution is 2.19. The normalized spacial score (nSPS) is 11.9. The minimum atomic E-state index is -0.190. The van der Waals surface area contributed by atoms with Crippen LogP contribution in [0, 0.1) is 0 Å². The van der Waals surface area contributed by atoms with Crippen LogP contribution in [0.3, 0.4) is 0 Å². The topological polar surface area (TPSA) is 55.1 Å². The van der Waals surface area contributed by atoms with Crippen molar-refractivity contribution in [1.29, 1.82) is 0 Å². The fourth-order valence-corrected chi connectivity index (χ4v) is 1.20. The van der Waals surface area contributed by atoms with Crippen molar-refractivity contribution in [2.45, 2.75) is 13.0 Å². The van der Waals surface area contributed by atoms with Crippen molar-refractivity contribution in [1.82, 2.24) is 5.32 Å². The minimum absolute atomic E-state index is 0.0752. The molecule has 1 unspecified atom stereocenters. The molecular weight excluding hydrogens is 212 g/mol. The van der Waals surface area contributed by atoms with Gasteiger partial charge in [0.25, 0.3) is 5.91 Å². The maximum atomic E-state index is 11.6. The number of nitrogen functional groups attached to an aromatic ring is 1. The summed E-state index contributed by atoms with van der Waals surface area (Å²) in [5.41, 5.74) is 6.49. The summed E-state index contributed by atoms with van der Waals surface area (Å²) in [6.45, 7) is 5.42. The predicted octanol–water partition coefficient (Wildman–Crippen LogP) is 2.23. The SMILES string of the molecule is C=CC(C)NC(=O)c1ccc(N)c(Cl)c1. The van der Waals surface area contributed by atoms with Crippen LogP contribution in [0.4, 0.5) is 5.69 Å². The van der Waals surface area contributed by atoms with Gasteiger partial charge >= 0.3 is 0 Å². The second-order valence-electron chi connectivity index (χ2n) is 3.23. The van der Waals surface area contributed by atoms with Gasteiger partial charge in [-0.1, -0.05) is 17.7 Å². The summed E-state index contributed by atoms with van der Waals surface area (Å²) >= 11 is 5.80. The first-order valence-corrected chi connectivity index (χ1v) is 4.91. The molecule has 0 spiro atoms. The molecule has 0 fully saturated rings. The standard InChI is InChI=1S/C11H13ClN2O/c1-3-7(2)14-11(15)8-4-5-10(13)9(12)6-8/h3-7H,1,13H2,2H3,(H,14,15). The van der Waals surface area contributed by atoms with Crippen LogP contribution in [0.5, 0.6) is 0 Å². The van der Waals surface area contributed by atoms with Gasteiger partial charge in [0.2, 0.25) is 0 Å². The Bertz CT molecular complexity index is 390. The summed E-state index contributed by atoms with van der Waals surface area (Å²) in [4.78, 5) is 11.6. The van der Waals surface area contributed by atoms with Crippen LogP contribution in [0.1, 0.15) is 17.3 Å². The summed E-state index contributed by atoms with van der Waals surface area (Å²) < 4.78 is 0. The Balaban J connectivity index is 2.83. The zero-order valence-corrected chi connectivity index (χ0v) is 9.21. The van der Waals surface area contributed by atoms with Crippen molar-refractivity contribution in [3.63, 3.8) is 0 Å². The number of hydrogen-bond donors (Lipinski definition) is 2. The van der Waals surface area contributed by atoms with Crippen molar-refractivity contribution in [3.05, 3.63) is 41.4 Å². The molecule has 1 rings (SSSR count). The number of rotatable bonds is 3. The molecule has 1 amide bonds. The Morgan fingerprint density at radius 3 is 2.87 bits per heavy atom. The van der Waals surface area contributed by atoms with E-state index in [0.717, 1.165) is 0 Å². The van der Waals surface area contributed by atoms with Crippen molar-refractivity contribution in [3.8, 4) is 0 Å². The highest BCUT2D eigenvalue weighted by atomic mass is 35.5. The van der Waals surface area contributed by atoms with Crippen LogP contribution < -0.4 is 11.1 Å². The second kappa shape index (κ2) is 4.84. The van der Waals surface area contributed by atoms with Crippen LogP contribution in [-0.2, 0) is 0 Å². The Hall–Kier alpha value is -1.48. The summed E-state index contributed by atoms with van der Waals surface area (Å²) in [6, 6.07) is 4.71. The number of nitrogens with one attached hydrogen (secondary N) is 1. The lowest BCUT2D eigenvalue weighted by Crippen LogP contribution is -2.30. The van der Waals surface area contributed by atoms with E-state index in [1.54, 1.807) is 24.3 Å². The van der Waals surface area contributed by atoms with E-state index in [4.69, 9.17) is 17.3 Å². The van der Waals surface area contributed by atoms with Crippen molar-refractivity contribution in [2.24, 2.45) is 0 Å². The molecule has 0 heterocycles. The molecule has 0 radical (unpaired) electrons. The number of carbonyl (C=O) groups excluding carboxylic acids is 1. The van der Waals surface area contributed by atoms with Crippen LogP contribution >= 0.6 is 11.6 Å². The Morgan fingerprint density at radius 1 is 1.67 bits per heavy atom. The van der Waals surface area contributed by atoms with E-state index >= 15 is 0 Å². The number of benzene rings is 1. The third-order valence-electron chi connectivity index (χ3n) is 1.97. The Morgan fingerprint density at radius 2 is 2.33 bits per heavy atom. The van der Waals surface area contributed by atoms with Gasteiger partial charge in [-0.05, 0) is 25.1 Å². The van der Waals surface area contributed by atoms with Gasteiger partial charge in [0.05, 0.1) is 10.7 Å². The average molecular weight is 225 g/mol. The summed E-state index contributed by atoms with van der Waals surface area (Å²) in [5, 5.41) is 3.12. The maximum absolute atomic E-state index is 11.6. The van der Waals surface area contributed by atoms with Gasteiger partial charge in [0.15, 0.2) is 0 Å². The molecule has 3 N–H and O–H groups in total. The Labute approximate surface area is 93.9 Å². The van der Waals surface area contributed by atoms with Gasteiger partial charge in [-0.3, -0.25) is 4.79 Å². The van der Waals surface area contributed by atoms with Crippen molar-refractivity contribution < 1.29 is 4.79 Å². The number of nitrogens with two attached hydrogens (primary N) is 1. The first kappa shape index (κ1) is 11.6. The molecule has 15 heavy (non-hydrogen) atoms. The van der Waals surface area contributed by atoms with Crippen LogP contribution in [0.25, 0.3) is 0 Å². The highest BCUT2D eigenvalue weighted by molar-refractivity contribution is 6.33. The smallest absolute Gasteiger partial charge is 0.251 e. The lowest BCUT2D eigenvalue weighted by Gasteiger charge is -2.09. The quantitative estimate of drug-likeness (QED) is 0.611. The molecular formula is C11H13ClN2O. The van der Waals surface area contributed by atoms with Gasteiger partial charge in [-0.25, -0.2) is 0 Å². The number of carbonyl (C=O) groups is 1. The van der Waals surface area contributed by atoms with Crippen molar-refractivity contribution >= 4 is 23.2 Å². The third-order valence-corrected chi connectivity index (χ3v) is 2.30. The molecule has 1 atom stereocenters. The largest absolute Gasteiger partial charge is 0.398 e. The average Bonchev–Trinajstić information content (AvgIpc) is 2.21. The molecule has 0 aromatic heterocycles. The van der Waals surface area contributed by atoms with Crippen LogP contribution in [0.2, 0.25) is 5.02 Å². The lowest BCUT2D eigenvalue weighted by molar-refractivity contribution is 0.0947. The van der Waals surface area contributed by atoms with Crippen LogP contribution in [0.15, 0.2) is 30.9 Å². The zero-order valence-electron chi connectivity index (χ0n) is 8.46. The minimum Gasteiger partial charge on any atom is -0.398 e. The molecule has 1 aromatic rings. The molecule has 4 heteroatoms. The van der Waals surface area contributed by atoms with Gasteiger partial charge < -0.3 is 11.1 Å². The monoisotopic (exact) mass is 224 g/mol. The number of amides is 1. The molecule has 0 aliphatic rings. The first-order chi connectivity index (χ1) is 7.04. The van der Waals surface area contributed by atoms with E-state index in [-0.39, 0.29) is 11.9 Å². The van der Waals surface area contributed by atoms with E-state index in [2.05, 4.69) is 11.9 Å². The van der Waals surface area contributed by atoms with Gasteiger partial charge in [-0.2, -0.15) is 0 Å². The summed E-state index contributed by atoms with van der Waals surface area (Å²) in [7, 11) is 0. The third kappa shape index (κ3) is 2.99. The van der Waals surface area contributed by atoms with E-state index < -0.39 is 0 Å². The number of halogens is 1. The van der Waals surface area contributed by atoms with Gasteiger partial charge in [-0.15, -0.1) is 6.58 Å². The van der Waals surface area contributed by atoms with E-state index in [0.29, 0.717) is 16.3 Å². The molecule has 0 saturated heterocycles. The van der Waals surface area contributed by atoms with E-state index in [1.165, 1.54) is 0 Å². The Kier molecular flexibility index (Phi) is 3.74. The lowest BCUT2D eigenvalue weighted by atomic mass is 10.2. The van der Waals surface area contributed by atoms with Gasteiger partial charge in [0, 0.05) is 11.6 Å². The molecule has 0 aliphatic heterocycles. The fraction of sp³-hybridized carbons (Fsp3) is 0.182. The molecule has 0 aliphatic carbocycles. The second-order valence-corrected chi connectivity index (χ2v) is 3.64.